The Bertz CT molecular complexity index is 654. The summed E-state index contributed by atoms with van der Waals surface area (Å²) in [6.07, 6.45) is -4.01. The quantitative estimate of drug-likeness (QED) is 0.885. The van der Waals surface area contributed by atoms with E-state index in [4.69, 9.17) is 11.0 Å². The van der Waals surface area contributed by atoms with Crippen molar-refractivity contribution in [1.29, 1.82) is 5.26 Å². The van der Waals surface area contributed by atoms with Crippen LogP contribution >= 0.6 is 0 Å². The number of nitrogens with zero attached hydrogens (tertiary/aromatic N) is 2. The minimum absolute atomic E-state index is 0.0130. The number of benzene rings is 1. The van der Waals surface area contributed by atoms with Crippen molar-refractivity contribution in [3.8, 4) is 6.07 Å². The molecule has 0 aromatic heterocycles. The summed E-state index contributed by atoms with van der Waals surface area (Å²) in [6, 6.07) is 4.94. The second-order valence-electron chi connectivity index (χ2n) is 5.73. The third-order valence-electron chi connectivity index (χ3n) is 3.85. The first-order chi connectivity index (χ1) is 10.6. The molecule has 1 heterocycles. The topological polar surface area (TPSA) is 90.3 Å². The zero-order valence-electron chi connectivity index (χ0n) is 12.2. The number of amides is 1. The van der Waals surface area contributed by atoms with Crippen LogP contribution in [0.15, 0.2) is 18.2 Å². The molecule has 0 radical (unpaired) electrons. The van der Waals surface area contributed by atoms with E-state index < -0.39 is 28.8 Å². The summed E-state index contributed by atoms with van der Waals surface area (Å²) in [5, 5.41) is 19.2. The van der Waals surface area contributed by atoms with E-state index in [0.29, 0.717) is 19.4 Å². The lowest BCUT2D eigenvalue weighted by Crippen LogP contribution is -2.50. The molecule has 0 aliphatic carbocycles. The highest BCUT2D eigenvalue weighted by Crippen LogP contribution is 2.36. The first-order valence-electron chi connectivity index (χ1n) is 7.02. The molecule has 0 spiro atoms. The van der Waals surface area contributed by atoms with Gasteiger partial charge in [-0.15, -0.1) is 0 Å². The highest BCUT2D eigenvalue weighted by molar-refractivity contribution is 5.75. The molecule has 1 aliphatic rings. The highest BCUT2D eigenvalue weighted by Gasteiger charge is 2.37. The van der Waals surface area contributed by atoms with Crippen LogP contribution in [-0.4, -0.2) is 29.7 Å². The van der Waals surface area contributed by atoms with Crippen LogP contribution in [0.4, 0.5) is 18.9 Å². The number of aliphatic hydroxyl groups is 1. The summed E-state index contributed by atoms with van der Waals surface area (Å²) < 4.78 is 39.1. The van der Waals surface area contributed by atoms with Gasteiger partial charge in [0.25, 0.3) is 0 Å². The molecule has 1 saturated heterocycles. The van der Waals surface area contributed by atoms with E-state index >= 15 is 0 Å². The third-order valence-corrected chi connectivity index (χ3v) is 3.85. The van der Waals surface area contributed by atoms with Gasteiger partial charge in [-0.3, -0.25) is 4.79 Å². The fraction of sp³-hybridized carbons (Fsp3) is 0.467. The van der Waals surface area contributed by atoms with Crippen LogP contribution in [0.2, 0.25) is 0 Å². The van der Waals surface area contributed by atoms with Crippen molar-refractivity contribution in [2.24, 2.45) is 5.73 Å². The lowest BCUT2D eigenvalue weighted by atomic mass is 9.89. The minimum atomic E-state index is -4.64. The van der Waals surface area contributed by atoms with Crippen molar-refractivity contribution in [1.82, 2.24) is 0 Å². The first-order valence-corrected chi connectivity index (χ1v) is 7.02. The van der Waals surface area contributed by atoms with Gasteiger partial charge < -0.3 is 15.7 Å². The maximum atomic E-state index is 13.0. The zero-order chi connectivity index (χ0) is 17.3. The summed E-state index contributed by atoms with van der Waals surface area (Å²) in [4.78, 5) is 12.6. The molecule has 8 heteroatoms. The molecular weight excluding hydrogens is 311 g/mol. The summed E-state index contributed by atoms with van der Waals surface area (Å²) in [7, 11) is 0. The van der Waals surface area contributed by atoms with Crippen LogP contribution in [-0.2, 0) is 11.0 Å². The van der Waals surface area contributed by atoms with Crippen molar-refractivity contribution in [3.63, 3.8) is 0 Å². The zero-order valence-corrected chi connectivity index (χ0v) is 12.2. The molecule has 1 fully saturated rings. The van der Waals surface area contributed by atoms with Crippen LogP contribution in [0.25, 0.3) is 0 Å². The van der Waals surface area contributed by atoms with Gasteiger partial charge >= 0.3 is 6.18 Å². The van der Waals surface area contributed by atoms with Crippen molar-refractivity contribution < 1.29 is 23.1 Å². The van der Waals surface area contributed by atoms with E-state index in [1.807, 2.05) is 0 Å². The Kier molecular flexibility index (Phi) is 4.52. The summed E-state index contributed by atoms with van der Waals surface area (Å²) in [5.41, 5.74) is 2.54. The van der Waals surface area contributed by atoms with Gasteiger partial charge in [-0.25, -0.2) is 0 Å². The third kappa shape index (κ3) is 3.93. The number of hydrogen-bond donors (Lipinski definition) is 2. The minimum Gasteiger partial charge on any atom is -0.388 e. The maximum absolute atomic E-state index is 13.0. The number of carbonyl (C=O) groups excluding carboxylic acids is 1. The predicted molar refractivity (Wildman–Crippen MR) is 76.4 cm³/mol. The van der Waals surface area contributed by atoms with Crippen LogP contribution in [0.1, 0.15) is 30.4 Å². The Morgan fingerprint density at radius 3 is 2.74 bits per heavy atom. The van der Waals surface area contributed by atoms with Crippen molar-refractivity contribution >= 4 is 11.6 Å². The van der Waals surface area contributed by atoms with Gasteiger partial charge in [0.1, 0.15) is 0 Å². The van der Waals surface area contributed by atoms with Crippen LogP contribution < -0.4 is 10.6 Å². The van der Waals surface area contributed by atoms with E-state index in [-0.39, 0.29) is 18.7 Å². The second kappa shape index (κ2) is 6.08. The predicted octanol–water partition coefficient (Wildman–Crippen LogP) is 1.78. The van der Waals surface area contributed by atoms with Crippen molar-refractivity contribution in [2.45, 2.75) is 31.0 Å². The molecule has 1 aliphatic heterocycles. The summed E-state index contributed by atoms with van der Waals surface area (Å²) in [6.45, 7) is 0.462. The SMILES string of the molecule is N#Cc1ccc(N2CCCC(O)(CC(N)=O)C2)cc1C(F)(F)F. The number of rotatable bonds is 3. The Morgan fingerprint density at radius 2 is 2.17 bits per heavy atom. The Labute approximate surface area is 131 Å². The lowest BCUT2D eigenvalue weighted by Gasteiger charge is -2.40. The standard InChI is InChI=1S/C15H16F3N3O2/c16-15(17,18)12-6-11(3-2-10(12)8-19)21-5-1-4-14(23,9-21)7-13(20)22/h2-3,6,23H,1,4-5,7,9H2,(H2,20,22). The van der Waals surface area contributed by atoms with Crippen molar-refractivity contribution in [2.75, 3.05) is 18.0 Å². The smallest absolute Gasteiger partial charge is 0.388 e. The summed E-state index contributed by atoms with van der Waals surface area (Å²) in [5.74, 6) is -0.662. The van der Waals surface area contributed by atoms with E-state index in [9.17, 15) is 23.1 Å². The van der Waals surface area contributed by atoms with E-state index in [2.05, 4.69) is 0 Å². The number of primary amides is 1. The Morgan fingerprint density at radius 1 is 1.48 bits per heavy atom. The van der Waals surface area contributed by atoms with Gasteiger partial charge in [0.05, 0.1) is 29.2 Å². The van der Waals surface area contributed by atoms with E-state index in [1.165, 1.54) is 12.1 Å². The van der Waals surface area contributed by atoms with Gasteiger partial charge in [0.15, 0.2) is 0 Å². The number of alkyl halides is 3. The maximum Gasteiger partial charge on any atom is 0.417 e. The Hall–Kier alpha value is -2.27. The number of carbonyl (C=O) groups is 1. The molecule has 0 bridgehead atoms. The molecule has 1 aromatic rings. The van der Waals surface area contributed by atoms with E-state index in [0.717, 1.165) is 12.1 Å². The number of hydrogen-bond acceptors (Lipinski definition) is 4. The molecule has 124 valence electrons. The molecular formula is C15H16F3N3O2. The molecule has 1 atom stereocenters. The number of anilines is 1. The molecule has 5 nitrogen and oxygen atoms in total. The fourth-order valence-corrected chi connectivity index (χ4v) is 2.86. The highest BCUT2D eigenvalue weighted by atomic mass is 19.4. The molecule has 23 heavy (non-hydrogen) atoms. The molecule has 2 rings (SSSR count). The van der Waals surface area contributed by atoms with Gasteiger partial charge in [-0.1, -0.05) is 0 Å². The fourth-order valence-electron chi connectivity index (χ4n) is 2.86. The average molecular weight is 327 g/mol. The number of β-amino-alcohol motifs (C(OH)–C–C–N with tert-alkyl or cyclic N) is 1. The van der Waals surface area contributed by atoms with Gasteiger partial charge in [0, 0.05) is 18.8 Å². The molecule has 1 aromatic carbocycles. The molecule has 1 amide bonds. The van der Waals surface area contributed by atoms with Crippen molar-refractivity contribution in [3.05, 3.63) is 29.3 Å². The lowest BCUT2D eigenvalue weighted by molar-refractivity contribution is -0.137. The summed E-state index contributed by atoms with van der Waals surface area (Å²) >= 11 is 0. The van der Waals surface area contributed by atoms with Crippen LogP contribution in [0.3, 0.4) is 0 Å². The molecule has 0 saturated carbocycles. The average Bonchev–Trinajstić information content (AvgIpc) is 2.44. The normalized spacial score (nSPS) is 21.8. The molecule has 3 N–H and O–H groups in total. The van der Waals surface area contributed by atoms with Crippen LogP contribution in [0.5, 0.6) is 0 Å². The Balaban J connectivity index is 2.32. The monoisotopic (exact) mass is 327 g/mol. The van der Waals surface area contributed by atoms with Gasteiger partial charge in [-0.05, 0) is 31.0 Å². The van der Waals surface area contributed by atoms with Gasteiger partial charge in [-0.2, -0.15) is 18.4 Å². The van der Waals surface area contributed by atoms with Crippen LogP contribution in [0, 0.1) is 11.3 Å². The second-order valence-corrected chi connectivity index (χ2v) is 5.73. The largest absolute Gasteiger partial charge is 0.417 e. The first kappa shape index (κ1) is 17.1. The number of nitrogens with two attached hydrogens (primary N) is 1. The number of piperidine rings is 1. The van der Waals surface area contributed by atoms with Gasteiger partial charge in [0.2, 0.25) is 5.91 Å². The van der Waals surface area contributed by atoms with E-state index in [1.54, 1.807) is 4.90 Å². The molecule has 1 unspecified atom stereocenters. The number of halogens is 3. The number of nitriles is 1.